The summed E-state index contributed by atoms with van der Waals surface area (Å²) in [7, 11) is 0. The first-order valence-corrected chi connectivity index (χ1v) is 12.9. The van der Waals surface area contributed by atoms with Gasteiger partial charge in [-0.2, -0.15) is 0 Å². The molecular formula is C28H38N2O8. The highest BCUT2D eigenvalue weighted by atomic mass is 16.4. The van der Waals surface area contributed by atoms with Gasteiger partial charge in [0.2, 0.25) is 0 Å². The van der Waals surface area contributed by atoms with Crippen LogP contribution >= 0.6 is 0 Å². The number of piperidine rings is 2. The monoisotopic (exact) mass is 530 g/mol. The van der Waals surface area contributed by atoms with E-state index in [1.807, 2.05) is 36.4 Å². The van der Waals surface area contributed by atoms with Gasteiger partial charge in [0, 0.05) is 13.1 Å². The van der Waals surface area contributed by atoms with E-state index in [9.17, 15) is 40.9 Å². The van der Waals surface area contributed by atoms with Crippen molar-refractivity contribution in [2.45, 2.75) is 61.5 Å². The molecule has 2 aromatic rings. The molecule has 0 amide bonds. The zero-order valence-electron chi connectivity index (χ0n) is 21.1. The van der Waals surface area contributed by atoms with Gasteiger partial charge in [-0.25, -0.2) is 0 Å². The van der Waals surface area contributed by atoms with Crippen molar-refractivity contribution in [3.8, 4) is 0 Å². The second-order valence-electron chi connectivity index (χ2n) is 10.2. The molecule has 0 saturated carbocycles. The van der Waals surface area contributed by atoms with Crippen molar-refractivity contribution in [1.82, 2.24) is 9.80 Å². The lowest BCUT2D eigenvalue weighted by molar-refractivity contribution is -0.133. The van der Waals surface area contributed by atoms with Gasteiger partial charge in [-0.15, -0.1) is 0 Å². The first kappa shape index (κ1) is 28.5. The molecule has 8 atom stereocenters. The fraction of sp³-hybridized carbons (Fsp3) is 0.500. The van der Waals surface area contributed by atoms with E-state index in [4.69, 9.17) is 0 Å². The van der Waals surface area contributed by atoms with Gasteiger partial charge in [0.25, 0.3) is 0 Å². The third-order valence-corrected chi connectivity index (χ3v) is 7.57. The van der Waals surface area contributed by atoms with Crippen molar-refractivity contribution in [1.29, 1.82) is 0 Å². The maximum absolute atomic E-state index is 10.1. The molecule has 38 heavy (non-hydrogen) atoms. The quantitative estimate of drug-likeness (QED) is 0.201. The van der Waals surface area contributed by atoms with Crippen LogP contribution in [0.4, 0.5) is 0 Å². The fourth-order valence-corrected chi connectivity index (χ4v) is 5.24. The maximum Gasteiger partial charge on any atom is 0.110 e. The van der Waals surface area contributed by atoms with Gasteiger partial charge in [-0.3, -0.25) is 0 Å². The normalized spacial score (nSPS) is 32.6. The lowest BCUT2D eigenvalue weighted by Crippen LogP contribution is -2.60. The number of β-amino-alcohol motifs (C(OH)–C–C–N with tert-alkyl or cyclic N) is 2. The van der Waals surface area contributed by atoms with Gasteiger partial charge in [0.05, 0.1) is 37.5 Å². The fourth-order valence-electron chi connectivity index (χ4n) is 5.24. The Morgan fingerprint density at radius 3 is 1.37 bits per heavy atom. The van der Waals surface area contributed by atoms with Crippen molar-refractivity contribution >= 4 is 10.8 Å². The van der Waals surface area contributed by atoms with Crippen LogP contribution in [-0.2, 0) is 12.8 Å². The van der Waals surface area contributed by atoms with E-state index in [0.717, 1.165) is 21.9 Å². The summed E-state index contributed by atoms with van der Waals surface area (Å²) in [5, 5.41) is 81.1. The van der Waals surface area contributed by atoms with Gasteiger partial charge < -0.3 is 50.7 Å². The Morgan fingerprint density at radius 1 is 0.605 bits per heavy atom. The molecule has 0 bridgehead atoms. The van der Waals surface area contributed by atoms with Crippen molar-refractivity contribution < 1.29 is 40.9 Å². The van der Waals surface area contributed by atoms with Gasteiger partial charge in [-0.05, 0) is 47.1 Å². The number of benzene rings is 2. The summed E-state index contributed by atoms with van der Waals surface area (Å²) in [5.74, 6) is 0. The minimum atomic E-state index is -1.28. The van der Waals surface area contributed by atoms with Crippen molar-refractivity contribution in [3.63, 3.8) is 0 Å². The summed E-state index contributed by atoms with van der Waals surface area (Å²) in [6.45, 7) is -0.432. The van der Waals surface area contributed by atoms with Gasteiger partial charge in [-0.1, -0.05) is 48.6 Å². The number of allylic oxidation sites excluding steroid dienone is 2. The molecule has 2 fully saturated rings. The molecule has 2 saturated heterocycles. The Labute approximate surface area is 221 Å². The molecule has 208 valence electrons. The van der Waals surface area contributed by atoms with E-state index in [2.05, 4.69) is 12.1 Å². The molecule has 2 heterocycles. The molecule has 0 spiro atoms. The molecule has 10 nitrogen and oxygen atoms in total. The van der Waals surface area contributed by atoms with Crippen LogP contribution in [0, 0.1) is 0 Å². The van der Waals surface area contributed by atoms with E-state index in [1.165, 1.54) is 0 Å². The number of hydrogen-bond donors (Lipinski definition) is 8. The van der Waals surface area contributed by atoms with Crippen LogP contribution < -0.4 is 0 Å². The van der Waals surface area contributed by atoms with E-state index in [-0.39, 0.29) is 26.3 Å². The largest absolute Gasteiger partial charge is 0.394 e. The first-order chi connectivity index (χ1) is 18.2. The molecule has 4 rings (SSSR count). The SMILES string of the molecule is OCC1C(O)C(O)C(O)CN1C=CCc1ccc2cc(CC=CN3CC(O)C(O)C(O)C3CO)ccc2c1. The number of aliphatic hydroxyl groups excluding tert-OH is 8. The van der Waals surface area contributed by atoms with Crippen LogP contribution in [0.1, 0.15) is 11.1 Å². The molecular weight excluding hydrogens is 492 g/mol. The van der Waals surface area contributed by atoms with Crippen molar-refractivity contribution in [2.75, 3.05) is 26.3 Å². The van der Waals surface area contributed by atoms with Crippen LogP contribution in [0.3, 0.4) is 0 Å². The highest BCUT2D eigenvalue weighted by Crippen LogP contribution is 2.22. The Bertz CT molecular complexity index is 1040. The zero-order chi connectivity index (χ0) is 27.4. The minimum Gasteiger partial charge on any atom is -0.394 e. The van der Waals surface area contributed by atoms with E-state index in [1.54, 1.807) is 22.2 Å². The van der Waals surface area contributed by atoms with Gasteiger partial charge in [0.1, 0.15) is 24.4 Å². The number of fused-ring (bicyclic) bond motifs is 1. The maximum atomic E-state index is 10.1. The molecule has 8 unspecified atom stereocenters. The average molecular weight is 531 g/mol. The third kappa shape index (κ3) is 6.19. The van der Waals surface area contributed by atoms with Crippen LogP contribution in [0.25, 0.3) is 10.8 Å². The zero-order valence-corrected chi connectivity index (χ0v) is 21.1. The lowest BCUT2D eigenvalue weighted by atomic mass is 9.94. The minimum absolute atomic E-state index is 0.121. The molecule has 2 aliphatic heterocycles. The van der Waals surface area contributed by atoms with Gasteiger partial charge in [0.15, 0.2) is 0 Å². The van der Waals surface area contributed by atoms with Crippen LogP contribution in [0.2, 0.25) is 0 Å². The third-order valence-electron chi connectivity index (χ3n) is 7.57. The first-order valence-electron chi connectivity index (χ1n) is 12.9. The Balaban J connectivity index is 1.37. The summed E-state index contributed by atoms with van der Waals surface area (Å²) in [4.78, 5) is 3.30. The number of aliphatic hydroxyl groups is 8. The second kappa shape index (κ2) is 12.5. The molecule has 0 aromatic heterocycles. The lowest BCUT2D eigenvalue weighted by Gasteiger charge is -2.42. The molecule has 0 aliphatic carbocycles. The van der Waals surface area contributed by atoms with Crippen LogP contribution in [0.15, 0.2) is 61.0 Å². The van der Waals surface area contributed by atoms with Crippen molar-refractivity contribution in [2.24, 2.45) is 0 Å². The summed E-state index contributed by atoms with van der Waals surface area (Å²) in [6.07, 6.45) is 1.26. The second-order valence-corrected chi connectivity index (χ2v) is 10.2. The average Bonchev–Trinajstić information content (AvgIpc) is 2.91. The smallest absolute Gasteiger partial charge is 0.110 e. The van der Waals surface area contributed by atoms with E-state index >= 15 is 0 Å². The standard InChI is InChI=1S/C28H38N2O8/c31-15-21-25(35)27(37)23(33)13-29(21)9-1-3-17-5-7-20-12-18(6-8-19(20)11-17)4-2-10-30-14-24(34)28(38)26(36)22(30)16-32/h1-2,5-12,21-28,31-38H,3-4,13-16H2. The molecule has 2 aromatic carbocycles. The Morgan fingerprint density at radius 2 is 1.00 bits per heavy atom. The summed E-state index contributed by atoms with van der Waals surface area (Å²) < 4.78 is 0. The number of likely N-dealkylation sites (tertiary alicyclic amines) is 2. The Hall–Kier alpha value is -2.54. The number of nitrogens with zero attached hydrogens (tertiary/aromatic N) is 2. The predicted molar refractivity (Wildman–Crippen MR) is 141 cm³/mol. The van der Waals surface area contributed by atoms with Crippen LogP contribution in [-0.4, -0.2) is 126 Å². The topological polar surface area (TPSA) is 168 Å². The molecule has 10 heteroatoms. The highest BCUT2D eigenvalue weighted by Gasteiger charge is 2.40. The summed E-state index contributed by atoms with van der Waals surface area (Å²) in [5.41, 5.74) is 2.14. The summed E-state index contributed by atoms with van der Waals surface area (Å²) in [6, 6.07) is 10.9. The summed E-state index contributed by atoms with van der Waals surface area (Å²) >= 11 is 0. The molecule has 8 N–H and O–H groups in total. The molecule has 2 aliphatic rings. The number of rotatable bonds is 8. The van der Waals surface area contributed by atoms with Crippen LogP contribution in [0.5, 0.6) is 0 Å². The highest BCUT2D eigenvalue weighted by molar-refractivity contribution is 5.84. The Kier molecular flexibility index (Phi) is 9.40. The molecule has 0 radical (unpaired) electrons. The van der Waals surface area contributed by atoms with E-state index in [0.29, 0.717) is 12.8 Å². The van der Waals surface area contributed by atoms with Crippen molar-refractivity contribution in [3.05, 3.63) is 72.1 Å². The van der Waals surface area contributed by atoms with Gasteiger partial charge >= 0.3 is 0 Å². The number of hydrogen-bond acceptors (Lipinski definition) is 10. The van der Waals surface area contributed by atoms with E-state index < -0.39 is 48.7 Å². The predicted octanol–water partition coefficient (Wildman–Crippen LogP) is -1.53.